The van der Waals surface area contributed by atoms with E-state index in [2.05, 4.69) is 5.32 Å². The summed E-state index contributed by atoms with van der Waals surface area (Å²) in [6, 6.07) is 6.56. The number of carbonyl (C=O) groups is 1. The Morgan fingerprint density at radius 1 is 1.44 bits per heavy atom. The highest BCUT2D eigenvalue weighted by Crippen LogP contribution is 2.21. The molecule has 1 aromatic carbocycles. The third kappa shape index (κ3) is 5.06. The highest BCUT2D eigenvalue weighted by molar-refractivity contribution is 7.99. The third-order valence-corrected chi connectivity index (χ3v) is 3.46. The van der Waals surface area contributed by atoms with Crippen LogP contribution in [-0.2, 0) is 4.79 Å². The van der Waals surface area contributed by atoms with Gasteiger partial charge in [0.1, 0.15) is 5.82 Å². The van der Waals surface area contributed by atoms with Crippen LogP contribution in [0, 0.1) is 5.82 Å². The van der Waals surface area contributed by atoms with Crippen LogP contribution in [-0.4, -0.2) is 23.7 Å². The van der Waals surface area contributed by atoms with Crippen molar-refractivity contribution in [2.75, 3.05) is 12.3 Å². The zero-order valence-corrected chi connectivity index (χ0v) is 11.5. The first-order valence-electron chi connectivity index (χ1n) is 5.83. The summed E-state index contributed by atoms with van der Waals surface area (Å²) in [7, 11) is 0. The second-order valence-corrected chi connectivity index (χ2v) is 5.80. The van der Waals surface area contributed by atoms with E-state index < -0.39 is 0 Å². The Labute approximate surface area is 111 Å². The van der Waals surface area contributed by atoms with Gasteiger partial charge in [0.15, 0.2) is 0 Å². The Balaban J connectivity index is 2.34. The van der Waals surface area contributed by atoms with Crippen LogP contribution in [0.5, 0.6) is 0 Å². The zero-order chi connectivity index (χ0) is 13.6. The van der Waals surface area contributed by atoms with Crippen molar-refractivity contribution in [2.24, 2.45) is 5.73 Å². The van der Waals surface area contributed by atoms with E-state index in [1.807, 2.05) is 13.8 Å². The van der Waals surface area contributed by atoms with Gasteiger partial charge in [0.25, 0.3) is 0 Å². The molecule has 0 aromatic heterocycles. The van der Waals surface area contributed by atoms with Crippen molar-refractivity contribution in [1.82, 2.24) is 5.32 Å². The largest absolute Gasteiger partial charge is 0.350 e. The van der Waals surface area contributed by atoms with Crippen molar-refractivity contribution in [3.8, 4) is 0 Å². The summed E-state index contributed by atoms with van der Waals surface area (Å²) in [4.78, 5) is 12.2. The molecular formula is C13H19FN2OS. The molecule has 0 spiro atoms. The lowest BCUT2D eigenvalue weighted by molar-refractivity contribution is -0.122. The molecule has 5 heteroatoms. The van der Waals surface area contributed by atoms with Crippen LogP contribution in [0.4, 0.5) is 4.39 Å². The summed E-state index contributed by atoms with van der Waals surface area (Å²) in [5, 5.41) is 2.84. The molecule has 3 N–H and O–H groups in total. The maximum absolute atomic E-state index is 13.3. The molecule has 1 amide bonds. The first-order chi connectivity index (χ1) is 8.44. The Morgan fingerprint density at radius 3 is 2.72 bits per heavy atom. The predicted molar refractivity (Wildman–Crippen MR) is 73.0 cm³/mol. The molecular weight excluding hydrogens is 251 g/mol. The lowest BCUT2D eigenvalue weighted by atomic mass is 10.1. The quantitative estimate of drug-likeness (QED) is 0.779. The number of rotatable bonds is 6. The molecule has 1 rings (SSSR count). The second-order valence-electron chi connectivity index (χ2n) is 4.67. The van der Waals surface area contributed by atoms with E-state index in [1.165, 1.54) is 17.8 Å². The summed E-state index contributed by atoms with van der Waals surface area (Å²) in [5.41, 5.74) is 5.14. The highest BCUT2D eigenvalue weighted by atomic mass is 32.2. The van der Waals surface area contributed by atoms with Gasteiger partial charge in [-0.05, 0) is 26.0 Å². The van der Waals surface area contributed by atoms with Gasteiger partial charge >= 0.3 is 0 Å². The molecule has 0 aliphatic rings. The van der Waals surface area contributed by atoms with Gasteiger partial charge in [-0.1, -0.05) is 12.1 Å². The molecule has 0 saturated heterocycles. The Kier molecular flexibility index (Phi) is 5.62. The minimum atomic E-state index is -0.389. The average molecular weight is 270 g/mol. The highest BCUT2D eigenvalue weighted by Gasteiger charge is 2.17. The predicted octanol–water partition coefficient (Wildman–Crippen LogP) is 2.16. The first-order valence-corrected chi connectivity index (χ1v) is 6.81. The van der Waals surface area contributed by atoms with Crippen LogP contribution in [0.15, 0.2) is 29.2 Å². The number of halogens is 1. The molecule has 0 unspecified atom stereocenters. The van der Waals surface area contributed by atoms with E-state index in [0.717, 1.165) is 0 Å². The van der Waals surface area contributed by atoms with Crippen LogP contribution in [0.25, 0.3) is 0 Å². The second kappa shape index (κ2) is 6.75. The van der Waals surface area contributed by atoms with E-state index in [4.69, 9.17) is 5.73 Å². The van der Waals surface area contributed by atoms with E-state index >= 15 is 0 Å². The zero-order valence-electron chi connectivity index (χ0n) is 10.7. The molecule has 0 bridgehead atoms. The van der Waals surface area contributed by atoms with E-state index in [0.29, 0.717) is 23.6 Å². The lowest BCUT2D eigenvalue weighted by Gasteiger charge is -2.24. The van der Waals surface area contributed by atoms with Gasteiger partial charge in [0.2, 0.25) is 5.91 Å². The number of benzene rings is 1. The van der Waals surface area contributed by atoms with Gasteiger partial charge < -0.3 is 11.1 Å². The fraction of sp³-hybridized carbons (Fsp3) is 0.462. The average Bonchev–Trinajstić information content (AvgIpc) is 2.31. The molecule has 3 nitrogen and oxygen atoms in total. The molecule has 1 aromatic rings. The van der Waals surface area contributed by atoms with Crippen LogP contribution in [0.2, 0.25) is 0 Å². The van der Waals surface area contributed by atoms with Crippen molar-refractivity contribution in [3.63, 3.8) is 0 Å². The maximum Gasteiger partial charge on any atom is 0.221 e. The number of thioether (sulfide) groups is 1. The minimum Gasteiger partial charge on any atom is -0.350 e. The molecule has 18 heavy (non-hydrogen) atoms. The first kappa shape index (κ1) is 15.0. The van der Waals surface area contributed by atoms with Gasteiger partial charge in [0, 0.05) is 29.2 Å². The van der Waals surface area contributed by atoms with E-state index in [1.54, 1.807) is 18.2 Å². The van der Waals surface area contributed by atoms with Crippen LogP contribution in [0.1, 0.15) is 20.3 Å². The summed E-state index contributed by atoms with van der Waals surface area (Å²) < 4.78 is 13.3. The van der Waals surface area contributed by atoms with Crippen molar-refractivity contribution < 1.29 is 9.18 Å². The Hall–Kier alpha value is -1.07. The molecule has 0 aliphatic carbocycles. The van der Waals surface area contributed by atoms with E-state index in [9.17, 15) is 9.18 Å². The van der Waals surface area contributed by atoms with Crippen molar-refractivity contribution in [2.45, 2.75) is 30.7 Å². The molecule has 0 heterocycles. The molecule has 0 radical (unpaired) electrons. The normalized spacial score (nSPS) is 11.3. The van der Waals surface area contributed by atoms with Gasteiger partial charge in [-0.2, -0.15) is 0 Å². The number of nitrogens with two attached hydrogens (primary N) is 1. The standard InChI is InChI=1S/C13H19FN2OS/c1-13(2,9-15)16-12(17)7-8-18-11-6-4-3-5-10(11)14/h3-6H,7-9,15H2,1-2H3,(H,16,17). The van der Waals surface area contributed by atoms with Crippen LogP contribution >= 0.6 is 11.8 Å². The lowest BCUT2D eigenvalue weighted by Crippen LogP contribution is -2.48. The van der Waals surface area contributed by atoms with Crippen LogP contribution in [0.3, 0.4) is 0 Å². The molecule has 0 aliphatic heterocycles. The molecule has 100 valence electrons. The molecule has 0 saturated carbocycles. The van der Waals surface area contributed by atoms with Gasteiger partial charge in [-0.3, -0.25) is 4.79 Å². The fourth-order valence-electron chi connectivity index (χ4n) is 1.31. The summed E-state index contributed by atoms with van der Waals surface area (Å²) in [6.45, 7) is 4.13. The number of amides is 1. The van der Waals surface area contributed by atoms with Gasteiger partial charge in [0.05, 0.1) is 0 Å². The number of carbonyl (C=O) groups excluding carboxylic acids is 1. The third-order valence-electron chi connectivity index (χ3n) is 2.41. The molecule has 0 atom stereocenters. The monoisotopic (exact) mass is 270 g/mol. The van der Waals surface area contributed by atoms with Crippen molar-refractivity contribution in [3.05, 3.63) is 30.1 Å². The van der Waals surface area contributed by atoms with Gasteiger partial charge in [-0.25, -0.2) is 4.39 Å². The van der Waals surface area contributed by atoms with Gasteiger partial charge in [-0.15, -0.1) is 11.8 Å². The SMILES string of the molecule is CC(C)(CN)NC(=O)CCSc1ccccc1F. The summed E-state index contributed by atoms with van der Waals surface area (Å²) in [6.07, 6.45) is 0.350. The topological polar surface area (TPSA) is 55.1 Å². The minimum absolute atomic E-state index is 0.0608. The number of hydrogen-bond acceptors (Lipinski definition) is 3. The summed E-state index contributed by atoms with van der Waals surface area (Å²) in [5.74, 6) is 0.243. The number of hydrogen-bond donors (Lipinski definition) is 2. The van der Waals surface area contributed by atoms with Crippen molar-refractivity contribution in [1.29, 1.82) is 0 Å². The summed E-state index contributed by atoms with van der Waals surface area (Å²) >= 11 is 1.34. The van der Waals surface area contributed by atoms with E-state index in [-0.39, 0.29) is 17.3 Å². The van der Waals surface area contributed by atoms with Crippen LogP contribution < -0.4 is 11.1 Å². The number of nitrogens with one attached hydrogen (secondary N) is 1. The fourth-order valence-corrected chi connectivity index (χ4v) is 2.19. The smallest absolute Gasteiger partial charge is 0.221 e. The maximum atomic E-state index is 13.3. The van der Waals surface area contributed by atoms with Crippen molar-refractivity contribution >= 4 is 17.7 Å². The Morgan fingerprint density at radius 2 is 2.11 bits per heavy atom. The molecule has 0 fully saturated rings. The Bertz CT molecular complexity index is 410.